The van der Waals surface area contributed by atoms with E-state index in [2.05, 4.69) is 39.6 Å². The van der Waals surface area contributed by atoms with Crippen LogP contribution in [-0.2, 0) is 16.1 Å². The van der Waals surface area contributed by atoms with Crippen molar-refractivity contribution < 1.29 is 14.3 Å². The van der Waals surface area contributed by atoms with Gasteiger partial charge in [-0.2, -0.15) is 0 Å². The molecular formula is C35H31BrClN3O4S. The summed E-state index contributed by atoms with van der Waals surface area (Å²) in [6.07, 6.45) is 1.60. The first-order valence-electron chi connectivity index (χ1n) is 14.5. The SMILES string of the molecule is COc1ccc(Br)cc1[C@H]1C(C(=O)OC(C)C)=C(C)N=c2s/c(=C\c3c(C)n(Cc4ccc(Cl)cc4)c4ccccc34)c(=O)n21. The van der Waals surface area contributed by atoms with E-state index in [0.717, 1.165) is 32.2 Å². The van der Waals surface area contributed by atoms with Gasteiger partial charge in [-0.25, -0.2) is 9.79 Å². The number of para-hydroxylation sites is 1. The lowest BCUT2D eigenvalue weighted by Gasteiger charge is -2.26. The molecule has 3 aromatic carbocycles. The monoisotopic (exact) mass is 703 g/mol. The number of aromatic nitrogens is 2. The van der Waals surface area contributed by atoms with Gasteiger partial charge < -0.3 is 14.0 Å². The number of esters is 1. The lowest BCUT2D eigenvalue weighted by molar-refractivity contribution is -0.143. The zero-order chi connectivity index (χ0) is 32.0. The second kappa shape index (κ2) is 12.5. The third-order valence-electron chi connectivity index (χ3n) is 7.88. The highest BCUT2D eigenvalue weighted by molar-refractivity contribution is 9.10. The van der Waals surface area contributed by atoms with Gasteiger partial charge in [0.1, 0.15) is 11.8 Å². The molecule has 10 heteroatoms. The van der Waals surface area contributed by atoms with Crippen LogP contribution in [0.1, 0.15) is 49.2 Å². The number of halogens is 2. The molecule has 6 rings (SSSR count). The Kier molecular flexibility index (Phi) is 8.61. The lowest BCUT2D eigenvalue weighted by Crippen LogP contribution is -2.40. The van der Waals surface area contributed by atoms with Crippen molar-refractivity contribution in [2.75, 3.05) is 7.11 Å². The Balaban J connectivity index is 1.57. The summed E-state index contributed by atoms with van der Waals surface area (Å²) in [6, 6.07) is 20.8. The van der Waals surface area contributed by atoms with Crippen LogP contribution >= 0.6 is 38.9 Å². The minimum absolute atomic E-state index is 0.248. The van der Waals surface area contributed by atoms with E-state index in [4.69, 9.17) is 26.1 Å². The van der Waals surface area contributed by atoms with Crippen LogP contribution in [-0.4, -0.2) is 28.3 Å². The number of fused-ring (bicyclic) bond motifs is 2. The molecule has 0 saturated heterocycles. The number of methoxy groups -OCH3 is 1. The van der Waals surface area contributed by atoms with Crippen LogP contribution in [0.25, 0.3) is 17.0 Å². The van der Waals surface area contributed by atoms with Gasteiger partial charge >= 0.3 is 5.97 Å². The zero-order valence-electron chi connectivity index (χ0n) is 25.4. The molecule has 230 valence electrons. The molecule has 5 aromatic rings. The largest absolute Gasteiger partial charge is 0.496 e. The van der Waals surface area contributed by atoms with E-state index in [-0.39, 0.29) is 11.7 Å². The molecule has 1 aliphatic heterocycles. The average molecular weight is 705 g/mol. The van der Waals surface area contributed by atoms with Gasteiger partial charge in [0.05, 0.1) is 29.0 Å². The number of benzene rings is 3. The number of carbonyl (C=O) groups is 1. The molecule has 45 heavy (non-hydrogen) atoms. The van der Waals surface area contributed by atoms with Gasteiger partial charge in [0.25, 0.3) is 5.56 Å². The molecule has 1 aliphatic rings. The third kappa shape index (κ3) is 5.80. The zero-order valence-corrected chi connectivity index (χ0v) is 28.6. The Hall–Kier alpha value is -3.92. The van der Waals surface area contributed by atoms with Gasteiger partial charge in [0.2, 0.25) is 0 Å². The summed E-state index contributed by atoms with van der Waals surface area (Å²) < 4.78 is 16.5. The third-order valence-corrected chi connectivity index (χ3v) is 9.61. The topological polar surface area (TPSA) is 74.8 Å². The van der Waals surface area contributed by atoms with Crippen molar-refractivity contribution in [2.24, 2.45) is 4.99 Å². The maximum Gasteiger partial charge on any atom is 0.338 e. The van der Waals surface area contributed by atoms with Crippen LogP contribution in [0.15, 0.2) is 92.3 Å². The second-order valence-electron chi connectivity index (χ2n) is 11.2. The Morgan fingerprint density at radius 1 is 1.11 bits per heavy atom. The van der Waals surface area contributed by atoms with Gasteiger partial charge in [-0.05, 0) is 75.7 Å². The molecule has 0 spiro atoms. The minimum atomic E-state index is -0.797. The highest BCUT2D eigenvalue weighted by atomic mass is 79.9. The summed E-state index contributed by atoms with van der Waals surface area (Å²) in [5.41, 5.74) is 5.37. The Bertz CT molecular complexity index is 2180. The molecule has 0 aliphatic carbocycles. The van der Waals surface area contributed by atoms with Crippen molar-refractivity contribution in [1.82, 2.24) is 9.13 Å². The van der Waals surface area contributed by atoms with Crippen molar-refractivity contribution in [3.63, 3.8) is 0 Å². The van der Waals surface area contributed by atoms with E-state index in [1.54, 1.807) is 32.4 Å². The van der Waals surface area contributed by atoms with Crippen molar-refractivity contribution in [1.29, 1.82) is 0 Å². The molecule has 0 amide bonds. The van der Waals surface area contributed by atoms with Gasteiger partial charge in [-0.1, -0.05) is 69.2 Å². The summed E-state index contributed by atoms with van der Waals surface area (Å²) in [4.78, 5) is 33.2. The van der Waals surface area contributed by atoms with Crippen molar-refractivity contribution >= 4 is 61.8 Å². The number of hydrogen-bond acceptors (Lipinski definition) is 6. The minimum Gasteiger partial charge on any atom is -0.496 e. The quantitative estimate of drug-likeness (QED) is 0.173. The number of thiazole rings is 1. The number of nitrogens with zero attached hydrogens (tertiary/aromatic N) is 3. The number of ether oxygens (including phenoxy) is 2. The van der Waals surface area contributed by atoms with Crippen molar-refractivity contribution in [3.8, 4) is 5.75 Å². The van der Waals surface area contributed by atoms with E-state index in [9.17, 15) is 9.59 Å². The summed E-state index contributed by atoms with van der Waals surface area (Å²) in [5.74, 6) is 0.0251. The predicted molar refractivity (Wildman–Crippen MR) is 183 cm³/mol. The Morgan fingerprint density at radius 2 is 1.84 bits per heavy atom. The number of hydrogen-bond donors (Lipinski definition) is 0. The molecule has 0 N–H and O–H groups in total. The van der Waals surface area contributed by atoms with Gasteiger partial charge in [0, 0.05) is 43.8 Å². The van der Waals surface area contributed by atoms with Crippen LogP contribution in [0.2, 0.25) is 5.02 Å². The van der Waals surface area contributed by atoms with E-state index < -0.39 is 12.0 Å². The van der Waals surface area contributed by atoms with Gasteiger partial charge in [-0.3, -0.25) is 9.36 Å². The van der Waals surface area contributed by atoms with Crippen LogP contribution in [0.3, 0.4) is 0 Å². The van der Waals surface area contributed by atoms with E-state index in [1.807, 2.05) is 60.7 Å². The fourth-order valence-corrected chi connectivity index (χ4v) is 7.35. The van der Waals surface area contributed by atoms with Crippen LogP contribution in [0.4, 0.5) is 0 Å². The van der Waals surface area contributed by atoms with Crippen LogP contribution in [0, 0.1) is 6.92 Å². The van der Waals surface area contributed by atoms with Gasteiger partial charge in [0.15, 0.2) is 4.80 Å². The lowest BCUT2D eigenvalue weighted by atomic mass is 9.95. The first kappa shape index (κ1) is 31.1. The molecule has 0 radical (unpaired) electrons. The highest BCUT2D eigenvalue weighted by Gasteiger charge is 2.35. The fraction of sp³-hybridized carbons (Fsp3) is 0.229. The summed E-state index contributed by atoms with van der Waals surface area (Å²) >= 11 is 11.0. The summed E-state index contributed by atoms with van der Waals surface area (Å²) in [5, 5.41) is 1.73. The van der Waals surface area contributed by atoms with E-state index >= 15 is 0 Å². The molecule has 2 aromatic heterocycles. The predicted octanol–water partition coefficient (Wildman–Crippen LogP) is 6.92. The molecule has 0 bridgehead atoms. The molecule has 1 atom stereocenters. The maximum atomic E-state index is 14.4. The summed E-state index contributed by atoms with van der Waals surface area (Å²) in [7, 11) is 1.57. The number of rotatable bonds is 7. The van der Waals surface area contributed by atoms with Crippen molar-refractivity contribution in [2.45, 2.75) is 46.4 Å². The Labute approximate surface area is 277 Å². The molecule has 7 nitrogen and oxygen atoms in total. The maximum absolute atomic E-state index is 14.4. The van der Waals surface area contributed by atoms with Crippen LogP contribution < -0.4 is 19.6 Å². The van der Waals surface area contributed by atoms with Crippen LogP contribution in [0.5, 0.6) is 5.75 Å². The highest BCUT2D eigenvalue weighted by Crippen LogP contribution is 2.37. The van der Waals surface area contributed by atoms with E-state index in [0.29, 0.717) is 43.5 Å². The average Bonchev–Trinajstić information content (AvgIpc) is 3.45. The standard InChI is InChI=1S/C35H31BrClN3O4S/c1-19(2)44-34(42)31-20(3)38-35-40(32(31)27-16-23(36)12-15-29(27)43-5)33(41)30(45-35)17-26-21(4)39(28-9-7-6-8-25(26)28)18-22-10-13-24(37)14-11-22/h6-17,19,32H,18H2,1-5H3/b30-17-/t32-/m0/s1. The Morgan fingerprint density at radius 3 is 2.56 bits per heavy atom. The number of carbonyl (C=O) groups excluding carboxylic acids is 1. The number of allylic oxidation sites excluding steroid dienone is 1. The molecule has 3 heterocycles. The smallest absolute Gasteiger partial charge is 0.338 e. The molecule has 0 fully saturated rings. The molecular weight excluding hydrogens is 674 g/mol. The van der Waals surface area contributed by atoms with Crippen molar-refractivity contribution in [3.05, 3.63) is 130 Å². The van der Waals surface area contributed by atoms with Gasteiger partial charge in [-0.15, -0.1) is 0 Å². The first-order valence-corrected chi connectivity index (χ1v) is 16.4. The first-order chi connectivity index (χ1) is 21.6. The fourth-order valence-electron chi connectivity index (χ4n) is 5.82. The second-order valence-corrected chi connectivity index (χ2v) is 13.5. The molecule has 0 unspecified atom stereocenters. The molecule has 0 saturated carbocycles. The normalized spacial score (nSPS) is 15.0. The van der Waals surface area contributed by atoms with E-state index in [1.165, 1.54) is 11.3 Å². The summed E-state index contributed by atoms with van der Waals surface area (Å²) in [6.45, 7) is 8.09.